The van der Waals surface area contributed by atoms with E-state index >= 15 is 0 Å². The van der Waals surface area contributed by atoms with E-state index in [0.29, 0.717) is 0 Å². The largest absolute Gasteiger partial charge is 0.323 e. The summed E-state index contributed by atoms with van der Waals surface area (Å²) in [5, 5.41) is 5.18. The van der Waals surface area contributed by atoms with E-state index in [9.17, 15) is 0 Å². The van der Waals surface area contributed by atoms with Crippen molar-refractivity contribution in [3.05, 3.63) is 52.7 Å². The second-order valence-electron chi connectivity index (χ2n) is 4.52. The maximum absolute atomic E-state index is 6.27. The van der Waals surface area contributed by atoms with Gasteiger partial charge in [-0.25, -0.2) is 0 Å². The van der Waals surface area contributed by atoms with Crippen LogP contribution in [0.4, 0.5) is 0 Å². The molecule has 0 amide bonds. The van der Waals surface area contributed by atoms with Gasteiger partial charge in [0, 0.05) is 17.6 Å². The van der Waals surface area contributed by atoms with Gasteiger partial charge >= 0.3 is 0 Å². The minimum absolute atomic E-state index is 0.0641. The highest BCUT2D eigenvalue weighted by Gasteiger charge is 2.14. The van der Waals surface area contributed by atoms with Crippen LogP contribution in [0.3, 0.4) is 0 Å². The quantitative estimate of drug-likeness (QED) is 0.794. The predicted octanol–water partition coefficient (Wildman–Crippen LogP) is 2.64. The van der Waals surface area contributed by atoms with Crippen molar-refractivity contribution in [2.24, 2.45) is 5.73 Å². The Kier molecular flexibility index (Phi) is 3.23. The Hall–Kier alpha value is -1.85. The lowest BCUT2D eigenvalue weighted by atomic mass is 10.0. The Bertz CT molecular complexity index is 702. The van der Waals surface area contributed by atoms with Crippen molar-refractivity contribution >= 4 is 22.4 Å². The maximum Gasteiger partial charge on any atom is 0.0772 e. The number of hydrogen-bond acceptors (Lipinski definition) is 5. The molecule has 3 aromatic rings. The minimum atomic E-state index is -0.0641. The highest BCUT2D eigenvalue weighted by molar-refractivity contribution is 7.05. The number of aromatic nitrogens is 3. The summed E-state index contributed by atoms with van der Waals surface area (Å²) in [5.41, 5.74) is 9.42. The monoisotopic (exact) mass is 270 g/mol. The molecule has 2 N–H and O–H groups in total. The van der Waals surface area contributed by atoms with Crippen LogP contribution in [0.25, 0.3) is 10.9 Å². The van der Waals surface area contributed by atoms with Gasteiger partial charge in [0.05, 0.1) is 16.1 Å². The van der Waals surface area contributed by atoms with Crippen molar-refractivity contribution in [1.82, 2.24) is 14.6 Å². The number of nitrogens with zero attached hydrogens (tertiary/aromatic N) is 3. The third kappa shape index (κ3) is 2.34. The van der Waals surface area contributed by atoms with E-state index in [1.165, 1.54) is 17.1 Å². The molecule has 1 aromatic carbocycles. The Morgan fingerprint density at radius 1 is 1.26 bits per heavy atom. The van der Waals surface area contributed by atoms with Crippen molar-refractivity contribution in [3.63, 3.8) is 0 Å². The fourth-order valence-electron chi connectivity index (χ4n) is 2.24. The van der Waals surface area contributed by atoms with Crippen molar-refractivity contribution in [1.29, 1.82) is 0 Å². The molecule has 4 nitrogen and oxygen atoms in total. The fraction of sp³-hybridized carbons (Fsp3) is 0.214. The normalized spacial score (nSPS) is 12.7. The maximum atomic E-state index is 6.27. The minimum Gasteiger partial charge on any atom is -0.323 e. The molecular weight excluding hydrogens is 256 g/mol. The second-order valence-corrected chi connectivity index (χ2v) is 5.31. The number of aryl methyl sites for hydroxylation is 1. The van der Waals surface area contributed by atoms with Crippen LogP contribution in [-0.4, -0.2) is 14.6 Å². The summed E-state index contributed by atoms with van der Waals surface area (Å²) in [5.74, 6) is 0. The van der Waals surface area contributed by atoms with Crippen molar-refractivity contribution in [2.45, 2.75) is 19.4 Å². The third-order valence-electron chi connectivity index (χ3n) is 3.20. The molecule has 5 heteroatoms. The zero-order valence-electron chi connectivity index (χ0n) is 10.6. The van der Waals surface area contributed by atoms with Crippen LogP contribution in [0.2, 0.25) is 0 Å². The predicted molar refractivity (Wildman–Crippen MR) is 77.0 cm³/mol. The number of benzene rings is 1. The average molecular weight is 270 g/mol. The lowest BCUT2D eigenvalue weighted by Gasteiger charge is -2.11. The zero-order chi connectivity index (χ0) is 13.2. The summed E-state index contributed by atoms with van der Waals surface area (Å²) in [6, 6.07) is 10.1. The molecule has 0 saturated carbocycles. The van der Waals surface area contributed by atoms with Gasteiger partial charge in [-0.3, -0.25) is 4.98 Å². The Morgan fingerprint density at radius 3 is 2.89 bits per heavy atom. The first-order valence-electron chi connectivity index (χ1n) is 6.13. The number of fused-ring (bicyclic) bond motifs is 1. The first kappa shape index (κ1) is 12.2. The topological polar surface area (TPSA) is 64.7 Å². The van der Waals surface area contributed by atoms with Crippen molar-refractivity contribution in [3.8, 4) is 0 Å². The van der Waals surface area contributed by atoms with Crippen LogP contribution in [0.15, 0.2) is 36.5 Å². The summed E-state index contributed by atoms with van der Waals surface area (Å²) in [6.45, 7) is 1.95. The van der Waals surface area contributed by atoms with E-state index in [1.807, 2.05) is 37.4 Å². The lowest BCUT2D eigenvalue weighted by Crippen LogP contribution is -2.13. The van der Waals surface area contributed by atoms with Crippen LogP contribution in [-0.2, 0) is 6.42 Å². The summed E-state index contributed by atoms with van der Waals surface area (Å²) in [7, 11) is 0. The Labute approximate surface area is 115 Å². The van der Waals surface area contributed by atoms with Crippen LogP contribution in [0, 0.1) is 6.92 Å². The molecule has 0 aliphatic carbocycles. The molecule has 96 valence electrons. The van der Waals surface area contributed by atoms with Crippen LogP contribution < -0.4 is 5.73 Å². The van der Waals surface area contributed by atoms with E-state index < -0.39 is 0 Å². The van der Waals surface area contributed by atoms with Gasteiger partial charge in [-0.2, -0.15) is 0 Å². The summed E-state index contributed by atoms with van der Waals surface area (Å²) < 4.78 is 3.95. The highest BCUT2D eigenvalue weighted by atomic mass is 32.1. The molecule has 2 heterocycles. The number of nitrogens with two attached hydrogens (primary N) is 1. The smallest absolute Gasteiger partial charge is 0.0772 e. The number of pyridine rings is 1. The molecule has 3 rings (SSSR count). The fourth-order valence-corrected chi connectivity index (χ4v) is 2.88. The van der Waals surface area contributed by atoms with Gasteiger partial charge in [0.1, 0.15) is 0 Å². The van der Waals surface area contributed by atoms with E-state index in [-0.39, 0.29) is 6.04 Å². The van der Waals surface area contributed by atoms with Gasteiger partial charge in [0.15, 0.2) is 0 Å². The summed E-state index contributed by atoms with van der Waals surface area (Å²) >= 11 is 1.38. The first-order valence-corrected chi connectivity index (χ1v) is 6.90. The van der Waals surface area contributed by atoms with E-state index in [0.717, 1.165) is 27.9 Å². The molecule has 0 spiro atoms. The van der Waals surface area contributed by atoms with Gasteiger partial charge < -0.3 is 5.73 Å². The second kappa shape index (κ2) is 5.03. The highest BCUT2D eigenvalue weighted by Crippen LogP contribution is 2.24. The molecule has 0 fully saturated rings. The molecule has 0 aliphatic heterocycles. The summed E-state index contributed by atoms with van der Waals surface area (Å²) in [6.07, 6.45) is 2.61. The van der Waals surface area contributed by atoms with Gasteiger partial charge in [0.25, 0.3) is 0 Å². The number of para-hydroxylation sites is 1. The first-order chi connectivity index (χ1) is 9.25. The average Bonchev–Trinajstić information content (AvgIpc) is 2.85. The van der Waals surface area contributed by atoms with Crippen molar-refractivity contribution < 1.29 is 0 Å². The zero-order valence-corrected chi connectivity index (χ0v) is 11.4. The molecule has 0 bridgehead atoms. The SMILES string of the molecule is Cc1nnsc1C(N)Cc1ccnc2ccccc12. The molecule has 0 aliphatic rings. The lowest BCUT2D eigenvalue weighted by molar-refractivity contribution is 0.731. The molecule has 1 atom stereocenters. The van der Waals surface area contributed by atoms with Gasteiger partial charge in [0.2, 0.25) is 0 Å². The van der Waals surface area contributed by atoms with Gasteiger partial charge in [-0.1, -0.05) is 22.7 Å². The third-order valence-corrected chi connectivity index (χ3v) is 4.16. The van der Waals surface area contributed by atoms with E-state index in [2.05, 4.69) is 20.6 Å². The Balaban J connectivity index is 1.96. The molecule has 0 saturated heterocycles. The molecule has 1 unspecified atom stereocenters. The van der Waals surface area contributed by atoms with Crippen LogP contribution in [0.1, 0.15) is 22.2 Å². The van der Waals surface area contributed by atoms with Gasteiger partial charge in [-0.05, 0) is 42.6 Å². The van der Waals surface area contributed by atoms with Gasteiger partial charge in [-0.15, -0.1) is 5.10 Å². The molecular formula is C14H14N4S. The molecule has 2 aromatic heterocycles. The van der Waals surface area contributed by atoms with Crippen LogP contribution >= 0.6 is 11.5 Å². The van der Waals surface area contributed by atoms with Crippen molar-refractivity contribution in [2.75, 3.05) is 0 Å². The Morgan fingerprint density at radius 2 is 2.11 bits per heavy atom. The molecule has 0 radical (unpaired) electrons. The number of rotatable bonds is 3. The van der Waals surface area contributed by atoms with E-state index in [4.69, 9.17) is 5.73 Å². The standard InChI is InChI=1S/C14H14N4S/c1-9-14(19-18-17-9)12(15)8-10-6-7-16-13-5-3-2-4-11(10)13/h2-7,12H,8,15H2,1H3. The molecule has 19 heavy (non-hydrogen) atoms. The summed E-state index contributed by atoms with van der Waals surface area (Å²) in [4.78, 5) is 5.42. The van der Waals surface area contributed by atoms with E-state index in [1.54, 1.807) is 0 Å². The number of hydrogen-bond donors (Lipinski definition) is 1. The van der Waals surface area contributed by atoms with Crippen LogP contribution in [0.5, 0.6) is 0 Å².